The van der Waals surface area contributed by atoms with Crippen molar-refractivity contribution in [3.8, 4) is 0 Å². The largest absolute Gasteiger partial charge is 0.481 e. The molecule has 0 aliphatic rings. The third-order valence-electron chi connectivity index (χ3n) is 4.91. The molecule has 1 N–H and O–H groups in total. The minimum absolute atomic E-state index is 0.187. The molecule has 28 heavy (non-hydrogen) atoms. The van der Waals surface area contributed by atoms with Gasteiger partial charge >= 0.3 is 5.97 Å². The van der Waals surface area contributed by atoms with E-state index in [0.717, 1.165) is 12.6 Å². The SMILES string of the molecule is O=C(O)CCC=CCC[P+](c1ccccc1)(c1ccccc1)c1ccccc1. The fraction of sp³-hybridized carbons (Fsp3) is 0.160. The summed E-state index contributed by atoms with van der Waals surface area (Å²) in [6.45, 7) is 0. The monoisotopic (exact) mass is 389 g/mol. The van der Waals surface area contributed by atoms with Gasteiger partial charge in [-0.1, -0.05) is 66.7 Å². The average molecular weight is 389 g/mol. The molecule has 0 heterocycles. The summed E-state index contributed by atoms with van der Waals surface area (Å²) in [5.74, 6) is -0.746. The van der Waals surface area contributed by atoms with Crippen LogP contribution in [0.1, 0.15) is 19.3 Å². The zero-order valence-electron chi connectivity index (χ0n) is 15.9. The predicted octanol–water partition coefficient (Wildman–Crippen LogP) is 4.79. The van der Waals surface area contributed by atoms with Crippen LogP contribution in [0.15, 0.2) is 103 Å². The van der Waals surface area contributed by atoms with E-state index in [1.165, 1.54) is 15.9 Å². The molecule has 0 spiro atoms. The minimum atomic E-state index is -1.79. The molecule has 3 rings (SSSR count). The van der Waals surface area contributed by atoms with Crippen molar-refractivity contribution in [2.45, 2.75) is 19.3 Å². The van der Waals surface area contributed by atoms with E-state index in [9.17, 15) is 4.79 Å². The Hall–Kier alpha value is -2.70. The summed E-state index contributed by atoms with van der Waals surface area (Å²) in [6.07, 6.45) is 6.87. The van der Waals surface area contributed by atoms with Crippen molar-refractivity contribution in [1.82, 2.24) is 0 Å². The van der Waals surface area contributed by atoms with Crippen molar-refractivity contribution in [2.24, 2.45) is 0 Å². The van der Waals surface area contributed by atoms with E-state index < -0.39 is 13.2 Å². The number of hydrogen-bond donors (Lipinski definition) is 1. The van der Waals surface area contributed by atoms with Crippen LogP contribution in [0.5, 0.6) is 0 Å². The first-order valence-electron chi connectivity index (χ1n) is 9.65. The summed E-state index contributed by atoms with van der Waals surface area (Å²) in [4.78, 5) is 10.7. The van der Waals surface area contributed by atoms with Gasteiger partial charge in [0.1, 0.15) is 23.2 Å². The van der Waals surface area contributed by atoms with Crippen molar-refractivity contribution >= 4 is 29.1 Å². The first-order chi connectivity index (χ1) is 13.7. The fourth-order valence-electron chi connectivity index (χ4n) is 3.59. The molecular weight excluding hydrogens is 363 g/mol. The standard InChI is InChI=1S/C25H25O2P/c26-25(27)20-12-1-2-13-21-28(22-14-6-3-7-15-22,23-16-8-4-9-17-23)24-18-10-5-11-19-24/h1-11,14-19H,12-13,20-21H2/p+1. The molecule has 0 saturated heterocycles. The highest BCUT2D eigenvalue weighted by Gasteiger charge is 2.44. The molecule has 0 aliphatic carbocycles. The number of benzene rings is 3. The van der Waals surface area contributed by atoms with Crippen molar-refractivity contribution < 1.29 is 9.90 Å². The number of hydrogen-bond acceptors (Lipinski definition) is 1. The minimum Gasteiger partial charge on any atom is -0.481 e. The molecule has 0 unspecified atom stereocenters. The van der Waals surface area contributed by atoms with Crippen molar-refractivity contribution in [3.05, 3.63) is 103 Å². The topological polar surface area (TPSA) is 37.3 Å². The highest BCUT2D eigenvalue weighted by Crippen LogP contribution is 2.55. The maximum atomic E-state index is 10.7. The second kappa shape index (κ2) is 10.0. The van der Waals surface area contributed by atoms with Gasteiger partial charge in [-0.15, -0.1) is 0 Å². The Bertz CT molecular complexity index is 793. The average Bonchev–Trinajstić information content (AvgIpc) is 2.75. The first-order valence-corrected chi connectivity index (χ1v) is 11.6. The van der Waals surface area contributed by atoms with E-state index >= 15 is 0 Å². The zero-order chi connectivity index (χ0) is 19.7. The summed E-state index contributed by atoms with van der Waals surface area (Å²) in [5, 5.41) is 13.0. The molecule has 142 valence electrons. The smallest absolute Gasteiger partial charge is 0.303 e. The van der Waals surface area contributed by atoms with Gasteiger partial charge in [0.15, 0.2) is 0 Å². The van der Waals surface area contributed by atoms with Gasteiger partial charge in [0, 0.05) is 12.8 Å². The summed E-state index contributed by atoms with van der Waals surface area (Å²) >= 11 is 0. The second-order valence-corrected chi connectivity index (χ2v) is 10.3. The Balaban J connectivity index is 2.00. The number of rotatable bonds is 9. The molecule has 0 radical (unpaired) electrons. The van der Waals surface area contributed by atoms with Gasteiger partial charge in [-0.05, 0) is 42.8 Å². The van der Waals surface area contributed by atoms with Gasteiger partial charge in [-0.25, -0.2) is 0 Å². The van der Waals surface area contributed by atoms with Gasteiger partial charge in [0.25, 0.3) is 0 Å². The number of carboxylic acid groups (broad SMARTS) is 1. The molecular formula is C25H26O2P+. The number of allylic oxidation sites excluding steroid dienone is 2. The lowest BCUT2D eigenvalue weighted by molar-refractivity contribution is -0.136. The molecule has 0 bridgehead atoms. The molecule has 2 nitrogen and oxygen atoms in total. The molecule has 0 saturated carbocycles. The normalized spacial score (nSPS) is 11.6. The molecule has 0 aromatic heterocycles. The van der Waals surface area contributed by atoms with Crippen LogP contribution in [0.2, 0.25) is 0 Å². The van der Waals surface area contributed by atoms with Crippen LogP contribution in [0, 0.1) is 0 Å². The van der Waals surface area contributed by atoms with Crippen LogP contribution in [0.3, 0.4) is 0 Å². The Labute approximate surface area is 167 Å². The van der Waals surface area contributed by atoms with E-state index in [4.69, 9.17) is 5.11 Å². The van der Waals surface area contributed by atoms with Crippen LogP contribution in [0.4, 0.5) is 0 Å². The summed E-state index contributed by atoms with van der Waals surface area (Å²) < 4.78 is 0. The van der Waals surface area contributed by atoms with Crippen molar-refractivity contribution in [2.75, 3.05) is 6.16 Å². The van der Waals surface area contributed by atoms with Gasteiger partial charge in [0.05, 0.1) is 6.16 Å². The van der Waals surface area contributed by atoms with E-state index in [-0.39, 0.29) is 6.42 Å². The maximum absolute atomic E-state index is 10.7. The summed E-state index contributed by atoms with van der Waals surface area (Å²) in [5.41, 5.74) is 0. The van der Waals surface area contributed by atoms with Crippen LogP contribution < -0.4 is 15.9 Å². The van der Waals surface area contributed by atoms with Gasteiger partial charge in [-0.2, -0.15) is 0 Å². The third-order valence-corrected chi connectivity index (χ3v) is 9.38. The quantitative estimate of drug-likeness (QED) is 0.422. The van der Waals surface area contributed by atoms with E-state index in [2.05, 4.69) is 97.1 Å². The Kier molecular flexibility index (Phi) is 7.17. The lowest BCUT2D eigenvalue weighted by atomic mass is 10.3. The first kappa shape index (κ1) is 20.0. The maximum Gasteiger partial charge on any atom is 0.303 e. The highest BCUT2D eigenvalue weighted by atomic mass is 31.2. The molecule has 0 aliphatic heterocycles. The van der Waals surface area contributed by atoms with E-state index in [1.807, 2.05) is 6.08 Å². The van der Waals surface area contributed by atoms with Crippen LogP contribution in [-0.2, 0) is 4.79 Å². The van der Waals surface area contributed by atoms with Gasteiger partial charge < -0.3 is 5.11 Å². The van der Waals surface area contributed by atoms with E-state index in [0.29, 0.717) is 6.42 Å². The van der Waals surface area contributed by atoms with Gasteiger partial charge in [-0.3, -0.25) is 4.79 Å². The molecule has 3 aromatic carbocycles. The van der Waals surface area contributed by atoms with Crippen LogP contribution in [-0.4, -0.2) is 17.2 Å². The van der Waals surface area contributed by atoms with E-state index in [1.54, 1.807) is 0 Å². The molecule has 3 aromatic rings. The Morgan fingerprint density at radius 1 is 0.679 bits per heavy atom. The molecule has 0 fully saturated rings. The zero-order valence-corrected chi connectivity index (χ0v) is 16.8. The molecule has 3 heteroatoms. The van der Waals surface area contributed by atoms with Crippen molar-refractivity contribution in [1.29, 1.82) is 0 Å². The van der Waals surface area contributed by atoms with Gasteiger partial charge in [0.2, 0.25) is 0 Å². The summed E-state index contributed by atoms with van der Waals surface area (Å²) in [6, 6.07) is 32.5. The Morgan fingerprint density at radius 3 is 1.46 bits per heavy atom. The molecule has 0 amide bonds. The lowest BCUT2D eigenvalue weighted by Crippen LogP contribution is -2.33. The predicted molar refractivity (Wildman–Crippen MR) is 121 cm³/mol. The third kappa shape index (κ3) is 4.77. The van der Waals surface area contributed by atoms with Crippen LogP contribution in [0.25, 0.3) is 0 Å². The van der Waals surface area contributed by atoms with Crippen molar-refractivity contribution in [3.63, 3.8) is 0 Å². The number of carbonyl (C=O) groups is 1. The van der Waals surface area contributed by atoms with Crippen LogP contribution >= 0.6 is 7.26 Å². The molecule has 0 atom stereocenters. The number of carboxylic acids is 1. The lowest BCUT2D eigenvalue weighted by Gasteiger charge is -2.27. The Morgan fingerprint density at radius 2 is 1.07 bits per heavy atom. The fourth-order valence-corrected chi connectivity index (χ4v) is 7.84. The number of aliphatic carboxylic acids is 1. The second-order valence-electron chi connectivity index (χ2n) is 6.73. The summed E-state index contributed by atoms with van der Waals surface area (Å²) in [7, 11) is -1.79. The highest BCUT2D eigenvalue weighted by molar-refractivity contribution is 7.95.